The zero-order chi connectivity index (χ0) is 30.4. The maximum Gasteiger partial charge on any atom is 0.193 e. The molecule has 46 heavy (non-hydrogen) atoms. The van der Waals surface area contributed by atoms with Gasteiger partial charge in [-0.3, -0.25) is 0 Å². The highest BCUT2D eigenvalue weighted by Gasteiger charge is 2.37. The van der Waals surface area contributed by atoms with E-state index in [1.54, 1.807) is 0 Å². The summed E-state index contributed by atoms with van der Waals surface area (Å²) in [5, 5.41) is 6.38. The molecule has 0 aromatic heterocycles. The number of benzene rings is 7. The topological polar surface area (TPSA) is 12.0 Å². The Kier molecular flexibility index (Phi) is 5.59. The van der Waals surface area contributed by atoms with Crippen LogP contribution in [-0.2, 0) is 0 Å². The van der Waals surface area contributed by atoms with Crippen LogP contribution in [0.1, 0.15) is 22.6 Å². The highest BCUT2D eigenvalue weighted by Crippen LogP contribution is 2.53. The van der Waals surface area contributed by atoms with Crippen molar-refractivity contribution in [3.05, 3.63) is 163 Å². The Bertz CT molecular complexity index is 2430. The van der Waals surface area contributed by atoms with Crippen LogP contribution in [0, 0.1) is 0 Å². The Morgan fingerprint density at radius 1 is 0.609 bits per heavy atom. The van der Waals surface area contributed by atoms with Crippen molar-refractivity contribution in [2.24, 2.45) is 0 Å². The third-order valence-electron chi connectivity index (χ3n) is 9.93. The standard InChI is InChI=1S/C43H27BNS/c1-25-29-22-21-27-13-5-6-14-30(27)40(29)32-16-9-17-35-41(32)39(25)34-24-28(26-11-3-2-4-12-26)23-33(42(34)44-35)31-15-10-20-38-43(31)45-36-18-7-8-19-37(36)46-38/h2-24,39,45H,1H2. The Labute approximate surface area is 273 Å². The predicted molar refractivity (Wildman–Crippen MR) is 196 cm³/mol. The number of hydrogen-bond donors (Lipinski definition) is 1. The molecule has 7 aromatic carbocycles. The molecule has 0 saturated heterocycles. The molecule has 0 bridgehead atoms. The lowest BCUT2D eigenvalue weighted by molar-refractivity contribution is 1.05. The molecule has 3 aliphatic rings. The number of hydrogen-bond acceptors (Lipinski definition) is 2. The van der Waals surface area contributed by atoms with Gasteiger partial charge in [0, 0.05) is 21.3 Å². The summed E-state index contributed by atoms with van der Waals surface area (Å²) < 4.78 is 0. The van der Waals surface area contributed by atoms with Crippen LogP contribution in [0.15, 0.2) is 156 Å². The number of rotatable bonds is 2. The van der Waals surface area contributed by atoms with Crippen LogP contribution in [0.25, 0.3) is 49.7 Å². The van der Waals surface area contributed by atoms with Crippen LogP contribution >= 0.6 is 11.8 Å². The van der Waals surface area contributed by atoms with E-state index in [2.05, 4.69) is 152 Å². The second-order valence-corrected chi connectivity index (χ2v) is 13.5. The van der Waals surface area contributed by atoms with Gasteiger partial charge in [0.25, 0.3) is 0 Å². The third-order valence-corrected chi connectivity index (χ3v) is 11.1. The molecule has 2 heterocycles. The molecule has 1 unspecified atom stereocenters. The van der Waals surface area contributed by atoms with Gasteiger partial charge in [0.2, 0.25) is 0 Å². The van der Waals surface area contributed by atoms with Gasteiger partial charge in [0.15, 0.2) is 7.28 Å². The molecule has 0 saturated carbocycles. The molecule has 7 aromatic rings. The van der Waals surface area contributed by atoms with E-state index in [9.17, 15) is 0 Å². The maximum absolute atomic E-state index is 4.86. The van der Waals surface area contributed by atoms with E-state index in [4.69, 9.17) is 6.58 Å². The minimum atomic E-state index is 0.0601. The number of allylic oxidation sites excluding steroid dienone is 1. The fraction of sp³-hybridized carbons (Fsp3) is 0.0233. The van der Waals surface area contributed by atoms with E-state index in [1.807, 2.05) is 11.8 Å². The van der Waals surface area contributed by atoms with Gasteiger partial charge in [-0.15, -0.1) is 0 Å². The summed E-state index contributed by atoms with van der Waals surface area (Å²) in [6.45, 7) is 4.86. The van der Waals surface area contributed by atoms with Gasteiger partial charge < -0.3 is 5.32 Å². The molecular weight excluding hydrogens is 573 g/mol. The molecule has 0 spiro atoms. The van der Waals surface area contributed by atoms with Crippen molar-refractivity contribution in [1.82, 2.24) is 0 Å². The van der Waals surface area contributed by atoms with Crippen molar-refractivity contribution < 1.29 is 0 Å². The minimum Gasteiger partial charge on any atom is -0.353 e. The van der Waals surface area contributed by atoms with Gasteiger partial charge in [-0.1, -0.05) is 145 Å². The molecule has 213 valence electrons. The fourth-order valence-corrected chi connectivity index (χ4v) is 8.91. The Morgan fingerprint density at radius 2 is 1.39 bits per heavy atom. The van der Waals surface area contributed by atoms with Crippen molar-refractivity contribution in [1.29, 1.82) is 0 Å². The average molecular weight is 601 g/mol. The first-order chi connectivity index (χ1) is 22.7. The molecule has 1 aliphatic carbocycles. The molecule has 0 amide bonds. The van der Waals surface area contributed by atoms with E-state index in [0.29, 0.717) is 0 Å². The lowest BCUT2D eigenvalue weighted by Gasteiger charge is -2.38. The Balaban J connectivity index is 1.24. The van der Waals surface area contributed by atoms with Crippen LogP contribution in [0.2, 0.25) is 0 Å². The average Bonchev–Trinajstić information content (AvgIpc) is 3.11. The SMILES string of the molecule is C=C1c2ccc3ccccc3c2-c2cccc3c2C1c1cc(-c2ccccc2)cc(-c2cccc4c2Nc2ccccc2S4)c1[B]3. The molecule has 1 radical (unpaired) electrons. The quantitative estimate of drug-likeness (QED) is 0.198. The van der Waals surface area contributed by atoms with E-state index < -0.39 is 0 Å². The molecule has 1 N–H and O–H groups in total. The van der Waals surface area contributed by atoms with Gasteiger partial charge in [-0.05, 0) is 85.1 Å². The van der Waals surface area contributed by atoms with Crippen LogP contribution in [0.4, 0.5) is 11.4 Å². The number of nitrogens with one attached hydrogen (secondary N) is 1. The molecule has 1 nitrogen and oxygen atoms in total. The van der Waals surface area contributed by atoms with Gasteiger partial charge in [0.1, 0.15) is 0 Å². The van der Waals surface area contributed by atoms with Crippen LogP contribution in [0.3, 0.4) is 0 Å². The van der Waals surface area contributed by atoms with Gasteiger partial charge in [-0.2, -0.15) is 0 Å². The fourth-order valence-electron chi connectivity index (χ4n) is 7.88. The third kappa shape index (κ3) is 3.73. The summed E-state index contributed by atoms with van der Waals surface area (Å²) in [6, 6.07) is 51.1. The molecule has 0 fully saturated rings. The lowest BCUT2D eigenvalue weighted by atomic mass is 9.49. The smallest absolute Gasteiger partial charge is 0.193 e. The minimum absolute atomic E-state index is 0.0601. The van der Waals surface area contributed by atoms with Crippen molar-refractivity contribution in [3.63, 3.8) is 0 Å². The first kappa shape index (κ1) is 26.0. The van der Waals surface area contributed by atoms with Crippen molar-refractivity contribution in [2.75, 3.05) is 5.32 Å². The van der Waals surface area contributed by atoms with Crippen molar-refractivity contribution in [3.8, 4) is 33.4 Å². The van der Waals surface area contributed by atoms with Crippen LogP contribution in [-0.4, -0.2) is 7.28 Å². The first-order valence-corrected chi connectivity index (χ1v) is 16.6. The first-order valence-electron chi connectivity index (χ1n) is 15.8. The number of anilines is 2. The lowest BCUT2D eigenvalue weighted by Crippen LogP contribution is -2.42. The van der Waals surface area contributed by atoms with Crippen molar-refractivity contribution >= 4 is 57.7 Å². The largest absolute Gasteiger partial charge is 0.353 e. The van der Waals surface area contributed by atoms with Gasteiger partial charge >= 0.3 is 0 Å². The number of fused-ring (bicyclic) bond motifs is 8. The maximum atomic E-state index is 4.86. The molecule has 3 heteroatoms. The number of para-hydroxylation sites is 2. The predicted octanol–water partition coefficient (Wildman–Crippen LogP) is 10.2. The molecule has 2 aliphatic heterocycles. The zero-order valence-electron chi connectivity index (χ0n) is 25.0. The van der Waals surface area contributed by atoms with Gasteiger partial charge in [0.05, 0.1) is 11.4 Å². The molecule has 10 rings (SSSR count). The highest BCUT2D eigenvalue weighted by atomic mass is 32.2. The van der Waals surface area contributed by atoms with E-state index in [1.165, 1.54) is 92.8 Å². The Morgan fingerprint density at radius 3 is 2.33 bits per heavy atom. The monoisotopic (exact) mass is 600 g/mol. The second-order valence-electron chi connectivity index (χ2n) is 12.4. The summed E-state index contributed by atoms with van der Waals surface area (Å²) in [7, 11) is 2.43. The second kappa shape index (κ2) is 9.88. The normalized spacial score (nSPS) is 15.0. The van der Waals surface area contributed by atoms with Gasteiger partial charge in [-0.25, -0.2) is 0 Å². The summed E-state index contributed by atoms with van der Waals surface area (Å²) in [4.78, 5) is 2.50. The van der Waals surface area contributed by atoms with Crippen molar-refractivity contribution in [2.45, 2.75) is 15.7 Å². The highest BCUT2D eigenvalue weighted by molar-refractivity contribution is 7.99. The zero-order valence-corrected chi connectivity index (χ0v) is 25.9. The van der Waals surface area contributed by atoms with E-state index >= 15 is 0 Å². The Hall–Kier alpha value is -5.25. The van der Waals surface area contributed by atoms with E-state index in [0.717, 1.165) is 5.69 Å². The van der Waals surface area contributed by atoms with Crippen LogP contribution in [0.5, 0.6) is 0 Å². The van der Waals surface area contributed by atoms with Crippen LogP contribution < -0.4 is 16.2 Å². The molecular formula is C43H27BNS. The summed E-state index contributed by atoms with van der Waals surface area (Å²) in [5.41, 5.74) is 17.5. The van der Waals surface area contributed by atoms with E-state index in [-0.39, 0.29) is 5.92 Å². The summed E-state index contributed by atoms with van der Waals surface area (Å²) >= 11 is 1.84. The molecule has 1 atom stereocenters. The summed E-state index contributed by atoms with van der Waals surface area (Å²) in [6.07, 6.45) is 0. The summed E-state index contributed by atoms with van der Waals surface area (Å²) in [5.74, 6) is 0.0601.